The van der Waals surface area contributed by atoms with Gasteiger partial charge in [0.2, 0.25) is 0 Å². The fraction of sp³-hybridized carbons (Fsp3) is 0.0244. The molecule has 0 atom stereocenters. The standard InChI is InChI=1S/C41H24N2OS/c44-40-27-13-3-10-20-38(27)45-39-24-28-25-11-1-4-14-30(25)41(33(28)23-29(39)40)31-15-5-8-18-36(31)43(37-19-9-6-16-32(37)41)35-21-22-42-34-17-7-2-12-26(34)35/h1-24H. The number of anilines is 3. The van der Waals surface area contributed by atoms with Crippen LogP contribution in [0, 0.1) is 0 Å². The van der Waals surface area contributed by atoms with Gasteiger partial charge in [0.1, 0.15) is 0 Å². The number of fused-ring (bicyclic) bond motifs is 12. The molecule has 0 fully saturated rings. The van der Waals surface area contributed by atoms with E-state index < -0.39 is 5.41 Å². The van der Waals surface area contributed by atoms with Gasteiger partial charge in [0.15, 0.2) is 5.43 Å². The summed E-state index contributed by atoms with van der Waals surface area (Å²) >= 11 is 1.70. The van der Waals surface area contributed by atoms with Gasteiger partial charge in [0, 0.05) is 31.8 Å². The van der Waals surface area contributed by atoms with Crippen molar-refractivity contribution < 1.29 is 0 Å². The molecule has 10 rings (SSSR count). The Morgan fingerprint density at radius 1 is 0.511 bits per heavy atom. The van der Waals surface area contributed by atoms with E-state index in [0.717, 1.165) is 53.7 Å². The van der Waals surface area contributed by atoms with Crippen molar-refractivity contribution in [3.8, 4) is 11.1 Å². The highest BCUT2D eigenvalue weighted by atomic mass is 32.1. The molecule has 1 spiro atoms. The lowest BCUT2D eigenvalue weighted by molar-refractivity contribution is 0.754. The van der Waals surface area contributed by atoms with Crippen LogP contribution in [-0.4, -0.2) is 4.98 Å². The van der Waals surface area contributed by atoms with Crippen LogP contribution in [0.15, 0.2) is 151 Å². The molecule has 0 bridgehead atoms. The zero-order chi connectivity index (χ0) is 29.7. The van der Waals surface area contributed by atoms with Gasteiger partial charge in [-0.25, -0.2) is 0 Å². The number of nitrogens with zero attached hydrogens (tertiary/aromatic N) is 2. The van der Waals surface area contributed by atoms with Crippen molar-refractivity contribution in [1.82, 2.24) is 4.98 Å². The first kappa shape index (κ1) is 24.8. The number of aromatic nitrogens is 1. The van der Waals surface area contributed by atoms with Crippen LogP contribution in [0.1, 0.15) is 22.3 Å². The molecular formula is C41H24N2OS. The van der Waals surface area contributed by atoms with E-state index in [1.807, 2.05) is 30.5 Å². The molecule has 0 N–H and O–H groups in total. The molecule has 0 unspecified atom stereocenters. The lowest BCUT2D eigenvalue weighted by Gasteiger charge is -2.45. The van der Waals surface area contributed by atoms with Crippen LogP contribution in [0.4, 0.5) is 17.1 Å². The maximum atomic E-state index is 14.1. The van der Waals surface area contributed by atoms with Crippen LogP contribution >= 0.6 is 11.3 Å². The van der Waals surface area contributed by atoms with Crippen molar-refractivity contribution in [1.29, 1.82) is 0 Å². The Morgan fingerprint density at radius 2 is 1.16 bits per heavy atom. The van der Waals surface area contributed by atoms with Gasteiger partial charge in [-0.2, -0.15) is 0 Å². The van der Waals surface area contributed by atoms with Crippen molar-refractivity contribution in [3.63, 3.8) is 0 Å². The molecule has 2 aliphatic rings. The Kier molecular flexibility index (Phi) is 4.95. The number of hydrogen-bond acceptors (Lipinski definition) is 4. The normalized spacial score (nSPS) is 14.0. The van der Waals surface area contributed by atoms with E-state index in [9.17, 15) is 4.79 Å². The third-order valence-electron chi connectivity index (χ3n) is 9.71. The van der Waals surface area contributed by atoms with Crippen molar-refractivity contribution in [3.05, 3.63) is 178 Å². The minimum absolute atomic E-state index is 0.0931. The first-order chi connectivity index (χ1) is 22.2. The SMILES string of the molecule is O=c1c2ccccc2sc2cc3c(cc12)C1(c2ccccc2-3)c2ccccc2N(c2ccnc3ccccc23)c2ccccc21. The van der Waals surface area contributed by atoms with Crippen molar-refractivity contribution >= 4 is 59.5 Å². The summed E-state index contributed by atoms with van der Waals surface area (Å²) in [5.74, 6) is 0. The fourth-order valence-electron chi connectivity index (χ4n) is 7.93. The molecule has 4 heteroatoms. The van der Waals surface area contributed by atoms with Crippen LogP contribution in [-0.2, 0) is 5.41 Å². The van der Waals surface area contributed by atoms with Crippen molar-refractivity contribution in [2.75, 3.05) is 4.90 Å². The minimum Gasteiger partial charge on any atom is -0.309 e. The van der Waals surface area contributed by atoms with Crippen molar-refractivity contribution in [2.24, 2.45) is 0 Å². The van der Waals surface area contributed by atoms with Gasteiger partial charge < -0.3 is 4.90 Å². The van der Waals surface area contributed by atoms with Gasteiger partial charge >= 0.3 is 0 Å². The molecule has 2 aromatic heterocycles. The first-order valence-electron chi connectivity index (χ1n) is 15.2. The number of benzene rings is 6. The van der Waals surface area contributed by atoms with E-state index in [2.05, 4.69) is 125 Å². The summed E-state index contributed by atoms with van der Waals surface area (Å²) in [6, 6.07) is 49.3. The summed E-state index contributed by atoms with van der Waals surface area (Å²) in [4.78, 5) is 21.2. The molecule has 0 radical (unpaired) electrons. The van der Waals surface area contributed by atoms with E-state index in [0.29, 0.717) is 0 Å². The summed E-state index contributed by atoms with van der Waals surface area (Å²) < 4.78 is 2.04. The summed E-state index contributed by atoms with van der Waals surface area (Å²) in [5.41, 5.74) is 11.0. The monoisotopic (exact) mass is 592 g/mol. The summed E-state index contributed by atoms with van der Waals surface area (Å²) in [7, 11) is 0. The summed E-state index contributed by atoms with van der Waals surface area (Å²) in [5, 5.41) is 2.66. The molecule has 0 saturated carbocycles. The van der Waals surface area contributed by atoms with E-state index in [-0.39, 0.29) is 5.43 Å². The average molecular weight is 593 g/mol. The highest BCUT2D eigenvalue weighted by Crippen LogP contribution is 2.64. The Hall–Kier alpha value is -5.58. The second-order valence-corrected chi connectivity index (χ2v) is 12.9. The maximum absolute atomic E-state index is 14.1. The van der Waals surface area contributed by atoms with E-state index in [1.54, 1.807) is 11.3 Å². The Labute approximate surface area is 263 Å². The molecule has 45 heavy (non-hydrogen) atoms. The first-order valence-corrected chi connectivity index (χ1v) is 16.0. The Balaban J connectivity index is 1.37. The molecule has 6 aromatic carbocycles. The van der Waals surface area contributed by atoms with Crippen LogP contribution in [0.3, 0.4) is 0 Å². The largest absolute Gasteiger partial charge is 0.309 e. The van der Waals surface area contributed by atoms with E-state index in [4.69, 9.17) is 0 Å². The molecule has 210 valence electrons. The molecule has 1 aliphatic carbocycles. The predicted molar refractivity (Wildman–Crippen MR) is 186 cm³/mol. The molecule has 3 nitrogen and oxygen atoms in total. The van der Waals surface area contributed by atoms with Crippen molar-refractivity contribution in [2.45, 2.75) is 5.41 Å². The zero-order valence-corrected chi connectivity index (χ0v) is 24.9. The van der Waals surface area contributed by atoms with Gasteiger partial charge in [-0.3, -0.25) is 9.78 Å². The van der Waals surface area contributed by atoms with Gasteiger partial charge in [-0.15, -0.1) is 11.3 Å². The quantitative estimate of drug-likeness (QED) is 0.178. The van der Waals surface area contributed by atoms with Crippen LogP contribution in [0.5, 0.6) is 0 Å². The maximum Gasteiger partial charge on any atom is 0.195 e. The predicted octanol–water partition coefficient (Wildman–Crippen LogP) is 10.1. The number of rotatable bonds is 1. The highest BCUT2D eigenvalue weighted by molar-refractivity contribution is 7.24. The molecule has 0 amide bonds. The number of pyridine rings is 1. The topological polar surface area (TPSA) is 33.2 Å². The zero-order valence-electron chi connectivity index (χ0n) is 24.1. The second kappa shape index (κ2) is 8.98. The average Bonchev–Trinajstić information content (AvgIpc) is 3.38. The Morgan fingerprint density at radius 3 is 1.96 bits per heavy atom. The highest BCUT2D eigenvalue weighted by Gasteiger charge is 2.51. The number of para-hydroxylation sites is 3. The van der Waals surface area contributed by atoms with Crippen LogP contribution in [0.25, 0.3) is 42.2 Å². The van der Waals surface area contributed by atoms with Gasteiger partial charge in [-0.1, -0.05) is 91.0 Å². The lowest BCUT2D eigenvalue weighted by atomic mass is 9.64. The lowest BCUT2D eigenvalue weighted by Crippen LogP contribution is -2.36. The molecule has 1 aliphatic heterocycles. The Bertz CT molecular complexity index is 2550. The summed E-state index contributed by atoms with van der Waals surface area (Å²) in [6.45, 7) is 0. The third-order valence-corrected chi connectivity index (χ3v) is 10.8. The van der Waals surface area contributed by atoms with Gasteiger partial charge in [0.25, 0.3) is 0 Å². The van der Waals surface area contributed by atoms with E-state index >= 15 is 0 Å². The summed E-state index contributed by atoms with van der Waals surface area (Å²) in [6.07, 6.45) is 1.90. The van der Waals surface area contributed by atoms with Gasteiger partial charge in [-0.05, 0) is 81.9 Å². The third kappa shape index (κ3) is 3.14. The molecular weight excluding hydrogens is 569 g/mol. The van der Waals surface area contributed by atoms with Crippen LogP contribution < -0.4 is 10.3 Å². The smallest absolute Gasteiger partial charge is 0.195 e. The van der Waals surface area contributed by atoms with E-state index in [1.165, 1.54) is 27.8 Å². The minimum atomic E-state index is -0.602. The molecule has 8 aromatic rings. The molecule has 3 heterocycles. The number of hydrogen-bond donors (Lipinski definition) is 0. The fourth-order valence-corrected chi connectivity index (χ4v) is 9.03. The van der Waals surface area contributed by atoms with Gasteiger partial charge in [0.05, 0.1) is 28.0 Å². The molecule has 0 saturated heterocycles. The second-order valence-electron chi connectivity index (χ2n) is 11.8. The van der Waals surface area contributed by atoms with Crippen LogP contribution in [0.2, 0.25) is 0 Å².